The Morgan fingerprint density at radius 2 is 1.88 bits per heavy atom. The standard InChI is InChI=1S/C11H10N2O4/c14-10-4-5-11(15)12(10)7-8-2-1-3-9(6-8)13(16)17/h1-3,6H,4-5,7H2. The molecule has 0 saturated carbocycles. The highest BCUT2D eigenvalue weighted by Crippen LogP contribution is 2.18. The zero-order valence-corrected chi connectivity index (χ0v) is 8.96. The molecule has 0 spiro atoms. The number of non-ortho nitro benzene ring substituents is 1. The summed E-state index contributed by atoms with van der Waals surface area (Å²) in [5.41, 5.74) is 0.546. The predicted molar refractivity (Wildman–Crippen MR) is 57.9 cm³/mol. The van der Waals surface area contributed by atoms with Gasteiger partial charge in [0.15, 0.2) is 0 Å². The molecular weight excluding hydrogens is 224 g/mol. The predicted octanol–water partition coefficient (Wildman–Crippen LogP) is 1.24. The summed E-state index contributed by atoms with van der Waals surface area (Å²) in [6.45, 7) is 0.110. The quantitative estimate of drug-likeness (QED) is 0.447. The molecule has 0 unspecified atom stereocenters. The summed E-state index contributed by atoms with van der Waals surface area (Å²) < 4.78 is 0. The van der Waals surface area contributed by atoms with Gasteiger partial charge in [-0.05, 0) is 5.56 Å². The fraction of sp³-hybridized carbons (Fsp3) is 0.273. The highest BCUT2D eigenvalue weighted by atomic mass is 16.6. The van der Waals surface area contributed by atoms with Gasteiger partial charge in [0.05, 0.1) is 11.5 Å². The molecule has 1 aromatic rings. The van der Waals surface area contributed by atoms with Gasteiger partial charge in [-0.2, -0.15) is 0 Å². The maximum atomic E-state index is 11.4. The van der Waals surface area contributed by atoms with E-state index < -0.39 is 4.92 Å². The van der Waals surface area contributed by atoms with Crippen molar-refractivity contribution in [3.05, 3.63) is 39.9 Å². The van der Waals surface area contributed by atoms with Gasteiger partial charge in [-0.15, -0.1) is 0 Å². The lowest BCUT2D eigenvalue weighted by molar-refractivity contribution is -0.384. The second-order valence-corrected chi connectivity index (χ2v) is 3.80. The van der Waals surface area contributed by atoms with E-state index in [1.807, 2.05) is 0 Å². The Bertz CT molecular complexity index is 482. The van der Waals surface area contributed by atoms with Crippen molar-refractivity contribution in [2.24, 2.45) is 0 Å². The normalized spacial score (nSPS) is 15.4. The van der Waals surface area contributed by atoms with Crippen LogP contribution in [0.5, 0.6) is 0 Å². The number of carbonyl (C=O) groups excluding carboxylic acids is 2. The Kier molecular flexibility index (Phi) is 2.86. The first-order valence-electron chi connectivity index (χ1n) is 5.14. The lowest BCUT2D eigenvalue weighted by Crippen LogP contribution is -2.28. The lowest BCUT2D eigenvalue weighted by atomic mass is 10.2. The van der Waals surface area contributed by atoms with E-state index in [2.05, 4.69) is 0 Å². The van der Waals surface area contributed by atoms with Crippen molar-refractivity contribution < 1.29 is 14.5 Å². The molecule has 1 aromatic carbocycles. The van der Waals surface area contributed by atoms with Crippen LogP contribution in [0.1, 0.15) is 18.4 Å². The van der Waals surface area contributed by atoms with E-state index in [4.69, 9.17) is 0 Å². The summed E-state index contributed by atoms with van der Waals surface area (Å²) in [6, 6.07) is 5.94. The largest absolute Gasteiger partial charge is 0.278 e. The van der Waals surface area contributed by atoms with Crippen molar-refractivity contribution in [2.75, 3.05) is 0 Å². The Hall–Kier alpha value is -2.24. The molecule has 1 saturated heterocycles. The van der Waals surface area contributed by atoms with E-state index in [0.717, 1.165) is 4.90 Å². The van der Waals surface area contributed by atoms with E-state index in [1.165, 1.54) is 12.1 Å². The molecule has 0 aromatic heterocycles. The van der Waals surface area contributed by atoms with E-state index in [9.17, 15) is 19.7 Å². The van der Waals surface area contributed by atoms with Gasteiger partial charge >= 0.3 is 0 Å². The summed E-state index contributed by atoms with van der Waals surface area (Å²) in [5, 5.41) is 10.6. The van der Waals surface area contributed by atoms with Gasteiger partial charge in [0.1, 0.15) is 0 Å². The number of likely N-dealkylation sites (tertiary alicyclic amines) is 1. The smallest absolute Gasteiger partial charge is 0.269 e. The second kappa shape index (κ2) is 4.32. The minimum absolute atomic E-state index is 0.0402. The van der Waals surface area contributed by atoms with E-state index in [0.29, 0.717) is 5.56 Å². The summed E-state index contributed by atoms with van der Waals surface area (Å²) >= 11 is 0. The number of rotatable bonds is 3. The first-order chi connectivity index (χ1) is 8.08. The van der Waals surface area contributed by atoms with Gasteiger partial charge in [-0.1, -0.05) is 12.1 Å². The molecule has 0 atom stereocenters. The topological polar surface area (TPSA) is 80.5 Å². The zero-order valence-electron chi connectivity index (χ0n) is 8.96. The third kappa shape index (κ3) is 2.30. The number of carbonyl (C=O) groups is 2. The summed E-state index contributed by atoms with van der Waals surface area (Å²) in [5.74, 6) is -0.442. The molecule has 17 heavy (non-hydrogen) atoms. The Morgan fingerprint density at radius 1 is 1.24 bits per heavy atom. The lowest BCUT2D eigenvalue weighted by Gasteiger charge is -2.13. The molecule has 1 fully saturated rings. The molecule has 0 N–H and O–H groups in total. The number of nitro groups is 1. The molecule has 1 aliphatic rings. The molecule has 2 rings (SSSR count). The van der Waals surface area contributed by atoms with Crippen LogP contribution >= 0.6 is 0 Å². The van der Waals surface area contributed by atoms with Crippen LogP contribution in [-0.2, 0) is 16.1 Å². The van der Waals surface area contributed by atoms with Crippen LogP contribution in [0.2, 0.25) is 0 Å². The Balaban J connectivity index is 2.18. The highest BCUT2D eigenvalue weighted by Gasteiger charge is 2.28. The number of benzene rings is 1. The summed E-state index contributed by atoms with van der Waals surface area (Å²) in [6.07, 6.45) is 0.460. The molecule has 0 radical (unpaired) electrons. The number of nitro benzene ring substituents is 1. The minimum atomic E-state index is -0.503. The Labute approximate surface area is 97.0 Å². The monoisotopic (exact) mass is 234 g/mol. The maximum Gasteiger partial charge on any atom is 0.269 e. The molecule has 6 nitrogen and oxygen atoms in total. The van der Waals surface area contributed by atoms with Crippen LogP contribution in [0.4, 0.5) is 5.69 Å². The van der Waals surface area contributed by atoms with Crippen molar-refractivity contribution in [2.45, 2.75) is 19.4 Å². The van der Waals surface area contributed by atoms with Crippen LogP contribution in [-0.4, -0.2) is 21.6 Å². The molecule has 6 heteroatoms. The van der Waals surface area contributed by atoms with Crippen molar-refractivity contribution in [3.63, 3.8) is 0 Å². The van der Waals surface area contributed by atoms with Crippen molar-refractivity contribution in [1.29, 1.82) is 0 Å². The number of nitrogens with zero attached hydrogens (tertiary/aromatic N) is 2. The van der Waals surface area contributed by atoms with Gasteiger partial charge < -0.3 is 0 Å². The fourth-order valence-electron chi connectivity index (χ4n) is 1.75. The van der Waals surface area contributed by atoms with Gasteiger partial charge in [0, 0.05) is 25.0 Å². The molecule has 2 amide bonds. The zero-order chi connectivity index (χ0) is 12.4. The molecule has 88 valence electrons. The van der Waals surface area contributed by atoms with Gasteiger partial charge in [-0.3, -0.25) is 24.6 Å². The summed E-state index contributed by atoms with van der Waals surface area (Å²) in [4.78, 5) is 34.0. The van der Waals surface area contributed by atoms with Gasteiger partial charge in [0.25, 0.3) is 5.69 Å². The second-order valence-electron chi connectivity index (χ2n) is 3.80. The molecule has 1 aliphatic heterocycles. The molecular formula is C11H10N2O4. The van der Waals surface area contributed by atoms with Crippen LogP contribution in [0.3, 0.4) is 0 Å². The first kappa shape index (κ1) is 11.3. The average molecular weight is 234 g/mol. The van der Waals surface area contributed by atoms with E-state index in [-0.39, 0.29) is 36.9 Å². The SMILES string of the molecule is O=C1CCC(=O)N1Cc1cccc([N+](=O)[O-])c1. The van der Waals surface area contributed by atoms with Crippen molar-refractivity contribution in [1.82, 2.24) is 4.90 Å². The number of imide groups is 1. The summed E-state index contributed by atoms with van der Waals surface area (Å²) in [7, 11) is 0. The van der Waals surface area contributed by atoms with Crippen molar-refractivity contribution >= 4 is 17.5 Å². The Morgan fingerprint density at radius 3 is 2.47 bits per heavy atom. The fourth-order valence-corrected chi connectivity index (χ4v) is 1.75. The van der Waals surface area contributed by atoms with Crippen LogP contribution in [0.15, 0.2) is 24.3 Å². The van der Waals surface area contributed by atoms with Crippen molar-refractivity contribution in [3.8, 4) is 0 Å². The highest BCUT2D eigenvalue weighted by molar-refractivity contribution is 6.01. The number of amides is 2. The van der Waals surface area contributed by atoms with Crippen LogP contribution in [0, 0.1) is 10.1 Å². The van der Waals surface area contributed by atoms with Crippen LogP contribution in [0.25, 0.3) is 0 Å². The minimum Gasteiger partial charge on any atom is -0.278 e. The first-order valence-corrected chi connectivity index (χ1v) is 5.14. The van der Waals surface area contributed by atoms with E-state index in [1.54, 1.807) is 12.1 Å². The van der Waals surface area contributed by atoms with E-state index >= 15 is 0 Å². The molecule has 0 aliphatic carbocycles. The van der Waals surface area contributed by atoms with Gasteiger partial charge in [-0.25, -0.2) is 0 Å². The van der Waals surface area contributed by atoms with Gasteiger partial charge in [0.2, 0.25) is 11.8 Å². The third-order valence-electron chi connectivity index (χ3n) is 2.62. The molecule has 0 bridgehead atoms. The number of hydrogen-bond donors (Lipinski definition) is 0. The molecule has 1 heterocycles. The van der Waals surface area contributed by atoms with Crippen LogP contribution < -0.4 is 0 Å². The third-order valence-corrected chi connectivity index (χ3v) is 2.62. The maximum absolute atomic E-state index is 11.4. The number of hydrogen-bond acceptors (Lipinski definition) is 4. The average Bonchev–Trinajstić information content (AvgIpc) is 2.61.